The number of nitrogens with one attached hydrogen (secondary N) is 1. The van der Waals surface area contributed by atoms with Crippen LogP contribution in [0, 0.1) is 12.8 Å². The van der Waals surface area contributed by atoms with E-state index >= 15 is 0 Å². The van der Waals surface area contributed by atoms with Crippen LogP contribution in [0.25, 0.3) is 0 Å². The first kappa shape index (κ1) is 20.2. The lowest BCUT2D eigenvalue weighted by Crippen LogP contribution is -2.52. The van der Waals surface area contributed by atoms with Crippen molar-refractivity contribution in [3.05, 3.63) is 54.1 Å². The molecular formula is C21H26N2O4S. The highest BCUT2D eigenvalue weighted by molar-refractivity contribution is 7.92. The van der Waals surface area contributed by atoms with Gasteiger partial charge in [-0.05, 0) is 49.6 Å². The maximum absolute atomic E-state index is 13.3. The van der Waals surface area contributed by atoms with E-state index in [0.29, 0.717) is 11.4 Å². The van der Waals surface area contributed by atoms with Crippen molar-refractivity contribution in [2.24, 2.45) is 5.92 Å². The van der Waals surface area contributed by atoms with Crippen LogP contribution in [0.2, 0.25) is 0 Å². The number of amides is 1. The zero-order valence-electron chi connectivity index (χ0n) is 16.5. The van der Waals surface area contributed by atoms with Crippen LogP contribution in [0.1, 0.15) is 26.3 Å². The number of hydrogen-bond donors (Lipinski definition) is 1. The van der Waals surface area contributed by atoms with Crippen molar-refractivity contribution in [1.29, 1.82) is 0 Å². The second-order valence-electron chi connectivity index (χ2n) is 7.47. The largest absolute Gasteiger partial charge is 0.476 e. The van der Waals surface area contributed by atoms with Gasteiger partial charge in [-0.15, -0.1) is 0 Å². The van der Waals surface area contributed by atoms with Crippen molar-refractivity contribution < 1.29 is 17.9 Å². The highest BCUT2D eigenvalue weighted by Gasteiger charge is 2.37. The summed E-state index contributed by atoms with van der Waals surface area (Å²) in [5.41, 5.74) is 1.36. The summed E-state index contributed by atoms with van der Waals surface area (Å²) < 4.78 is 33.7. The Morgan fingerprint density at radius 2 is 1.82 bits per heavy atom. The molecule has 1 heterocycles. The molecule has 6 nitrogen and oxygen atoms in total. The van der Waals surface area contributed by atoms with Crippen LogP contribution in [0.4, 0.5) is 5.69 Å². The van der Waals surface area contributed by atoms with Crippen LogP contribution < -0.4 is 14.4 Å². The highest BCUT2D eigenvalue weighted by atomic mass is 32.2. The van der Waals surface area contributed by atoms with Gasteiger partial charge in [-0.3, -0.25) is 9.10 Å². The SMILES string of the molecule is Cc1ccc2c(c1)OC(C(=O)NC(C)C(C)C)CN2S(=O)(=O)c1ccccc1. The van der Waals surface area contributed by atoms with E-state index in [4.69, 9.17) is 4.74 Å². The quantitative estimate of drug-likeness (QED) is 0.834. The number of carbonyl (C=O) groups is 1. The van der Waals surface area contributed by atoms with Gasteiger partial charge in [-0.1, -0.05) is 38.1 Å². The molecule has 0 saturated carbocycles. The Balaban J connectivity index is 1.99. The maximum Gasteiger partial charge on any atom is 0.264 e. The molecule has 1 amide bonds. The van der Waals surface area contributed by atoms with E-state index in [-0.39, 0.29) is 29.3 Å². The van der Waals surface area contributed by atoms with Gasteiger partial charge in [-0.2, -0.15) is 0 Å². The molecule has 1 aliphatic heterocycles. The molecule has 2 unspecified atom stereocenters. The predicted octanol–water partition coefficient (Wildman–Crippen LogP) is 3.11. The van der Waals surface area contributed by atoms with Gasteiger partial charge in [0.2, 0.25) is 0 Å². The Kier molecular flexibility index (Phi) is 5.65. The molecule has 0 fully saturated rings. The van der Waals surface area contributed by atoms with Crippen LogP contribution >= 0.6 is 0 Å². The fourth-order valence-corrected chi connectivity index (χ4v) is 4.43. The number of ether oxygens (including phenoxy) is 1. The number of nitrogens with zero attached hydrogens (tertiary/aromatic N) is 1. The van der Waals surface area contributed by atoms with E-state index in [1.165, 1.54) is 4.31 Å². The van der Waals surface area contributed by atoms with Crippen molar-refractivity contribution in [1.82, 2.24) is 5.32 Å². The Morgan fingerprint density at radius 3 is 2.46 bits per heavy atom. The standard InChI is InChI=1S/C21H26N2O4S/c1-14(2)16(4)22-21(24)20-13-23(18-11-10-15(3)12-19(18)27-20)28(25,26)17-8-6-5-7-9-17/h5-12,14,16,20H,13H2,1-4H3,(H,22,24). The van der Waals surface area contributed by atoms with Gasteiger partial charge in [-0.25, -0.2) is 8.42 Å². The zero-order valence-corrected chi connectivity index (χ0v) is 17.4. The molecule has 2 aromatic rings. The first-order valence-corrected chi connectivity index (χ1v) is 10.8. The Hall–Kier alpha value is -2.54. The van der Waals surface area contributed by atoms with E-state index < -0.39 is 16.1 Å². The molecule has 2 aromatic carbocycles. The van der Waals surface area contributed by atoms with Gasteiger partial charge in [0.25, 0.3) is 15.9 Å². The van der Waals surface area contributed by atoms with Gasteiger partial charge < -0.3 is 10.1 Å². The average Bonchev–Trinajstić information content (AvgIpc) is 2.67. The van der Waals surface area contributed by atoms with Gasteiger partial charge in [0.15, 0.2) is 6.10 Å². The smallest absolute Gasteiger partial charge is 0.264 e. The summed E-state index contributed by atoms with van der Waals surface area (Å²) in [6.45, 7) is 7.76. The number of fused-ring (bicyclic) bond motifs is 1. The highest BCUT2D eigenvalue weighted by Crippen LogP contribution is 2.37. The van der Waals surface area contributed by atoms with Gasteiger partial charge in [0.1, 0.15) is 5.75 Å². The molecule has 1 N–H and O–H groups in total. The molecule has 0 saturated heterocycles. The van der Waals surface area contributed by atoms with E-state index in [9.17, 15) is 13.2 Å². The van der Waals surface area contributed by atoms with Crippen LogP contribution in [0.5, 0.6) is 5.75 Å². The topological polar surface area (TPSA) is 75.7 Å². The molecular weight excluding hydrogens is 376 g/mol. The normalized spacial score (nSPS) is 17.6. The molecule has 0 spiro atoms. The molecule has 0 bridgehead atoms. The van der Waals surface area contributed by atoms with Gasteiger partial charge >= 0.3 is 0 Å². The Labute approximate surface area is 166 Å². The van der Waals surface area contributed by atoms with Crippen LogP contribution in [-0.4, -0.2) is 33.0 Å². The minimum Gasteiger partial charge on any atom is -0.476 e. The lowest BCUT2D eigenvalue weighted by molar-refractivity contribution is -0.128. The van der Waals surface area contributed by atoms with Crippen LogP contribution in [-0.2, 0) is 14.8 Å². The second-order valence-corrected chi connectivity index (χ2v) is 9.33. The Bertz CT molecular complexity index is 958. The van der Waals surface area contributed by atoms with Gasteiger partial charge in [0.05, 0.1) is 17.1 Å². The third-order valence-corrected chi connectivity index (χ3v) is 6.77. The van der Waals surface area contributed by atoms with E-state index in [1.807, 2.05) is 33.8 Å². The fraction of sp³-hybridized carbons (Fsp3) is 0.381. The summed E-state index contributed by atoms with van der Waals surface area (Å²) in [6, 6.07) is 13.5. The summed E-state index contributed by atoms with van der Waals surface area (Å²) in [7, 11) is -3.83. The van der Waals surface area contributed by atoms with Crippen LogP contribution in [0.15, 0.2) is 53.4 Å². The minimum absolute atomic E-state index is 0.0470. The van der Waals surface area contributed by atoms with E-state index in [1.54, 1.807) is 42.5 Å². The van der Waals surface area contributed by atoms with Crippen molar-refractivity contribution in [3.8, 4) is 5.75 Å². The van der Waals surface area contributed by atoms with E-state index in [2.05, 4.69) is 5.32 Å². The zero-order chi connectivity index (χ0) is 20.5. The Morgan fingerprint density at radius 1 is 1.14 bits per heavy atom. The molecule has 0 aliphatic carbocycles. The van der Waals surface area contributed by atoms with E-state index in [0.717, 1.165) is 5.56 Å². The number of benzene rings is 2. The first-order chi connectivity index (χ1) is 13.2. The van der Waals surface area contributed by atoms with Crippen molar-refractivity contribution in [2.45, 2.75) is 44.7 Å². The molecule has 3 rings (SSSR count). The van der Waals surface area contributed by atoms with Crippen molar-refractivity contribution >= 4 is 21.6 Å². The van der Waals surface area contributed by atoms with Crippen LogP contribution in [0.3, 0.4) is 0 Å². The fourth-order valence-electron chi connectivity index (χ4n) is 2.93. The number of anilines is 1. The number of rotatable bonds is 5. The van der Waals surface area contributed by atoms with Crippen molar-refractivity contribution in [2.75, 3.05) is 10.8 Å². The number of hydrogen-bond acceptors (Lipinski definition) is 4. The maximum atomic E-state index is 13.3. The molecule has 0 radical (unpaired) electrons. The first-order valence-electron chi connectivity index (χ1n) is 9.35. The summed E-state index contributed by atoms with van der Waals surface area (Å²) in [5.74, 6) is 0.330. The second kappa shape index (κ2) is 7.83. The molecule has 1 aliphatic rings. The number of carbonyl (C=O) groups excluding carboxylic acids is 1. The lowest BCUT2D eigenvalue weighted by Gasteiger charge is -2.35. The number of aryl methyl sites for hydroxylation is 1. The molecule has 2 atom stereocenters. The summed E-state index contributed by atoms with van der Waals surface area (Å²) in [4.78, 5) is 12.9. The third-order valence-electron chi connectivity index (χ3n) is 4.98. The number of sulfonamides is 1. The summed E-state index contributed by atoms with van der Waals surface area (Å²) in [5, 5.41) is 2.92. The molecule has 7 heteroatoms. The van der Waals surface area contributed by atoms with Gasteiger partial charge in [0, 0.05) is 6.04 Å². The summed E-state index contributed by atoms with van der Waals surface area (Å²) in [6.07, 6.45) is -0.922. The minimum atomic E-state index is -3.83. The molecule has 150 valence electrons. The summed E-state index contributed by atoms with van der Waals surface area (Å²) >= 11 is 0. The predicted molar refractivity (Wildman–Crippen MR) is 109 cm³/mol. The van der Waals surface area contributed by atoms with Crippen molar-refractivity contribution in [3.63, 3.8) is 0 Å². The lowest BCUT2D eigenvalue weighted by atomic mass is 10.1. The third kappa shape index (κ3) is 3.99. The molecule has 0 aromatic heterocycles. The monoisotopic (exact) mass is 402 g/mol. The average molecular weight is 403 g/mol. The molecule has 28 heavy (non-hydrogen) atoms.